The first-order chi connectivity index (χ1) is 19.3. The minimum Gasteiger partial charge on any atom is -0.449 e. The number of ether oxygens (including phenoxy) is 1. The van der Waals surface area contributed by atoms with E-state index in [0.29, 0.717) is 24.4 Å². The third kappa shape index (κ3) is 10.7. The minimum absolute atomic E-state index is 0.149. The Morgan fingerprint density at radius 1 is 0.925 bits per heavy atom. The van der Waals surface area contributed by atoms with E-state index < -0.39 is 16.1 Å². The largest absolute Gasteiger partial charge is 0.449 e. The number of nitrogens with one attached hydrogen (secondary N) is 2. The zero-order chi connectivity index (χ0) is 28.8. The Kier molecular flexibility index (Phi) is 13.2. The molecule has 3 rings (SSSR count). The molecule has 2 N–H and O–H groups in total. The monoisotopic (exact) mass is 584 g/mol. The van der Waals surface area contributed by atoms with Gasteiger partial charge >= 0.3 is 6.09 Å². The van der Waals surface area contributed by atoms with Crippen molar-refractivity contribution in [3.63, 3.8) is 0 Å². The molecule has 0 saturated heterocycles. The first-order valence-corrected chi connectivity index (χ1v) is 16.7. The zero-order valence-corrected chi connectivity index (χ0v) is 25.7. The highest BCUT2D eigenvalue weighted by atomic mass is 32.2. The van der Waals surface area contributed by atoms with E-state index in [0.717, 1.165) is 48.2 Å². The lowest BCUT2D eigenvalue weighted by Crippen LogP contribution is -2.31. The van der Waals surface area contributed by atoms with Gasteiger partial charge in [0.2, 0.25) is 0 Å². The molecular formula is C32H44N2O4S2. The summed E-state index contributed by atoms with van der Waals surface area (Å²) in [4.78, 5) is 13.1. The molecule has 1 heterocycles. The van der Waals surface area contributed by atoms with Crippen molar-refractivity contribution in [1.82, 2.24) is 10.0 Å². The molecule has 0 atom stereocenters. The lowest BCUT2D eigenvalue weighted by molar-refractivity contribution is 0.151. The van der Waals surface area contributed by atoms with E-state index in [2.05, 4.69) is 60.3 Å². The van der Waals surface area contributed by atoms with Crippen LogP contribution in [0.5, 0.6) is 0 Å². The highest BCUT2D eigenvalue weighted by Crippen LogP contribution is 2.36. The third-order valence-electron chi connectivity index (χ3n) is 6.53. The van der Waals surface area contributed by atoms with Gasteiger partial charge in [-0.2, -0.15) is 0 Å². The fraction of sp³-hybridized carbons (Fsp3) is 0.469. The standard InChI is InChI=1S/C32H44N2O4S2/c1-4-5-20-38-32(35)34-40(36,37)31-30(23-29(39-31)21-25(2)3)28-18-13-17-27(22-28)24-33-19-12-7-6-9-14-26-15-10-8-11-16-26/h8,10-11,13,15-18,22-23,25,33H,4-7,9,12,14,19-21,24H2,1-3H3,(H,34,35). The number of unbranched alkanes of at least 4 members (excludes halogenated alkanes) is 4. The SMILES string of the molecule is CCCCOC(=O)NS(=O)(=O)c1sc(CC(C)C)cc1-c1cccc(CNCCCCCCc2ccccc2)c1. The number of amides is 1. The van der Waals surface area contributed by atoms with Gasteiger partial charge in [0.15, 0.2) is 0 Å². The van der Waals surface area contributed by atoms with Crippen molar-refractivity contribution in [2.45, 2.75) is 82.9 Å². The summed E-state index contributed by atoms with van der Waals surface area (Å²) in [6.07, 6.45) is 7.26. The number of hydrogen-bond acceptors (Lipinski definition) is 6. The molecule has 0 unspecified atom stereocenters. The van der Waals surface area contributed by atoms with Crippen molar-refractivity contribution in [2.75, 3.05) is 13.2 Å². The Labute approximate surface area is 244 Å². The molecule has 8 heteroatoms. The van der Waals surface area contributed by atoms with E-state index >= 15 is 0 Å². The van der Waals surface area contributed by atoms with E-state index in [4.69, 9.17) is 4.74 Å². The topological polar surface area (TPSA) is 84.5 Å². The molecule has 0 aliphatic carbocycles. The number of hydrogen-bond donors (Lipinski definition) is 2. The predicted octanol–water partition coefficient (Wildman–Crippen LogP) is 7.72. The van der Waals surface area contributed by atoms with Gasteiger partial charge < -0.3 is 10.1 Å². The molecule has 0 aliphatic heterocycles. The van der Waals surface area contributed by atoms with E-state index in [9.17, 15) is 13.2 Å². The highest BCUT2D eigenvalue weighted by molar-refractivity contribution is 7.92. The molecule has 0 saturated carbocycles. The van der Waals surface area contributed by atoms with Crippen molar-refractivity contribution in [2.24, 2.45) is 5.92 Å². The first kappa shape index (κ1) is 31.8. The van der Waals surface area contributed by atoms with Crippen LogP contribution >= 0.6 is 11.3 Å². The predicted molar refractivity (Wildman–Crippen MR) is 165 cm³/mol. The molecule has 0 spiro atoms. The summed E-state index contributed by atoms with van der Waals surface area (Å²) in [6.45, 7) is 8.03. The van der Waals surface area contributed by atoms with E-state index in [1.165, 1.54) is 36.2 Å². The van der Waals surface area contributed by atoms with Gasteiger partial charge in [0, 0.05) is 17.0 Å². The van der Waals surface area contributed by atoms with Gasteiger partial charge in [-0.15, -0.1) is 11.3 Å². The molecule has 1 aromatic heterocycles. The number of aryl methyl sites for hydroxylation is 1. The molecule has 3 aromatic rings. The number of benzene rings is 2. The molecule has 2 aromatic carbocycles. The number of thiophene rings is 1. The van der Waals surface area contributed by atoms with E-state index in [1.807, 2.05) is 31.2 Å². The summed E-state index contributed by atoms with van der Waals surface area (Å²) < 4.78 is 33.8. The van der Waals surface area contributed by atoms with Crippen molar-refractivity contribution in [1.29, 1.82) is 0 Å². The second-order valence-corrected chi connectivity index (χ2v) is 13.6. The summed E-state index contributed by atoms with van der Waals surface area (Å²) in [5, 5.41) is 3.53. The summed E-state index contributed by atoms with van der Waals surface area (Å²) in [7, 11) is -4.07. The first-order valence-electron chi connectivity index (χ1n) is 14.4. The smallest absolute Gasteiger partial charge is 0.421 e. The van der Waals surface area contributed by atoms with Crippen LogP contribution in [-0.2, 0) is 34.1 Å². The van der Waals surface area contributed by atoms with E-state index in [1.54, 1.807) is 0 Å². The lowest BCUT2D eigenvalue weighted by atomic mass is 10.0. The molecule has 0 radical (unpaired) electrons. The average Bonchev–Trinajstić information content (AvgIpc) is 3.35. The fourth-order valence-electron chi connectivity index (χ4n) is 4.48. The number of carbonyl (C=O) groups excluding carboxylic acids is 1. The Balaban J connectivity index is 1.59. The maximum atomic E-state index is 13.2. The minimum atomic E-state index is -4.07. The molecule has 1 amide bonds. The molecule has 40 heavy (non-hydrogen) atoms. The molecule has 0 aliphatic rings. The average molecular weight is 585 g/mol. The van der Waals surface area contributed by atoms with Crippen molar-refractivity contribution in [3.8, 4) is 11.1 Å². The van der Waals surface area contributed by atoms with Crippen LogP contribution < -0.4 is 10.0 Å². The van der Waals surface area contributed by atoms with Gasteiger partial charge in [-0.3, -0.25) is 0 Å². The van der Waals surface area contributed by atoms with Gasteiger partial charge in [0.1, 0.15) is 4.21 Å². The third-order valence-corrected chi connectivity index (χ3v) is 9.53. The van der Waals surface area contributed by atoms with Crippen molar-refractivity contribution >= 4 is 27.5 Å². The van der Waals surface area contributed by atoms with Crippen LogP contribution in [0.1, 0.15) is 75.3 Å². The Bertz CT molecular complexity index is 1290. The maximum absolute atomic E-state index is 13.2. The zero-order valence-electron chi connectivity index (χ0n) is 24.1. The van der Waals surface area contributed by atoms with Crippen LogP contribution in [0.15, 0.2) is 64.9 Å². The summed E-state index contributed by atoms with van der Waals surface area (Å²) in [6, 6.07) is 20.5. The molecular weight excluding hydrogens is 540 g/mol. The summed E-state index contributed by atoms with van der Waals surface area (Å²) >= 11 is 1.22. The fourth-order valence-corrected chi connectivity index (χ4v) is 7.32. The van der Waals surface area contributed by atoms with Crippen LogP contribution in [-0.4, -0.2) is 27.7 Å². The normalized spacial score (nSPS) is 11.6. The Hall–Kier alpha value is -2.68. The van der Waals surface area contributed by atoms with Crippen LogP contribution in [0.4, 0.5) is 4.79 Å². The summed E-state index contributed by atoms with van der Waals surface area (Å²) in [5.41, 5.74) is 3.94. The maximum Gasteiger partial charge on any atom is 0.421 e. The number of carbonyl (C=O) groups is 1. The molecule has 218 valence electrons. The second-order valence-electron chi connectivity index (χ2n) is 10.6. The molecule has 6 nitrogen and oxygen atoms in total. The van der Waals surface area contributed by atoms with Crippen molar-refractivity contribution in [3.05, 3.63) is 76.7 Å². The summed E-state index contributed by atoms with van der Waals surface area (Å²) in [5.74, 6) is 0.378. The Morgan fingerprint density at radius 2 is 1.68 bits per heavy atom. The van der Waals surface area contributed by atoms with Crippen LogP contribution in [0.25, 0.3) is 11.1 Å². The van der Waals surface area contributed by atoms with Gasteiger partial charge in [0.25, 0.3) is 10.0 Å². The lowest BCUT2D eigenvalue weighted by Gasteiger charge is -2.10. The van der Waals surface area contributed by atoms with Crippen LogP contribution in [0.2, 0.25) is 0 Å². The number of rotatable bonds is 17. The van der Waals surface area contributed by atoms with E-state index in [-0.39, 0.29) is 10.8 Å². The van der Waals surface area contributed by atoms with Crippen LogP contribution in [0.3, 0.4) is 0 Å². The Morgan fingerprint density at radius 3 is 2.42 bits per heavy atom. The molecule has 0 fully saturated rings. The van der Waals surface area contributed by atoms with Crippen LogP contribution in [0, 0.1) is 5.92 Å². The highest BCUT2D eigenvalue weighted by Gasteiger charge is 2.26. The quantitative estimate of drug-likeness (QED) is 0.159. The second kappa shape index (κ2) is 16.6. The number of sulfonamides is 1. The van der Waals surface area contributed by atoms with Gasteiger partial charge in [-0.1, -0.05) is 88.6 Å². The van der Waals surface area contributed by atoms with Gasteiger partial charge in [-0.25, -0.2) is 17.9 Å². The van der Waals surface area contributed by atoms with Gasteiger partial charge in [-0.05, 0) is 73.4 Å². The molecule has 0 bridgehead atoms. The van der Waals surface area contributed by atoms with Crippen molar-refractivity contribution < 1.29 is 17.9 Å². The van der Waals surface area contributed by atoms with Gasteiger partial charge in [0.05, 0.1) is 6.61 Å².